The highest BCUT2D eigenvalue weighted by Crippen LogP contribution is 2.43. The molecule has 0 bridgehead atoms. The summed E-state index contributed by atoms with van der Waals surface area (Å²) in [5.74, 6) is -1.56. The van der Waals surface area contributed by atoms with E-state index in [0.29, 0.717) is 27.8 Å². The van der Waals surface area contributed by atoms with Gasteiger partial charge in [-0.05, 0) is 29.8 Å². The number of nitrogens with zero attached hydrogens (tertiary/aromatic N) is 2. The molecule has 3 N–H and O–H groups in total. The summed E-state index contributed by atoms with van der Waals surface area (Å²) in [4.78, 5) is 24.3. The third-order valence-corrected chi connectivity index (χ3v) is 4.96. The van der Waals surface area contributed by atoms with Crippen molar-refractivity contribution >= 4 is 16.9 Å². The van der Waals surface area contributed by atoms with Gasteiger partial charge in [0.1, 0.15) is 17.4 Å². The van der Waals surface area contributed by atoms with Gasteiger partial charge in [0.15, 0.2) is 0 Å². The summed E-state index contributed by atoms with van der Waals surface area (Å²) >= 11 is 0. The first-order chi connectivity index (χ1) is 13.4. The van der Waals surface area contributed by atoms with Gasteiger partial charge in [-0.3, -0.25) is 4.79 Å². The quantitative estimate of drug-likeness (QED) is 0.712. The fourth-order valence-corrected chi connectivity index (χ4v) is 3.58. The molecule has 1 aliphatic heterocycles. The van der Waals surface area contributed by atoms with E-state index in [9.17, 15) is 14.9 Å². The van der Waals surface area contributed by atoms with Gasteiger partial charge in [0.05, 0.1) is 22.6 Å². The predicted molar refractivity (Wildman–Crippen MR) is 102 cm³/mol. The molecule has 2 heterocycles. The number of rotatable bonds is 2. The summed E-state index contributed by atoms with van der Waals surface area (Å²) in [7, 11) is 1.66. The number of carbonyl (C=O) groups is 1. The highest BCUT2D eigenvalue weighted by atomic mass is 16.5. The maximum absolute atomic E-state index is 13.2. The zero-order valence-electron chi connectivity index (χ0n) is 14.8. The average Bonchev–Trinajstić information content (AvgIpc) is 2.71. The minimum absolute atomic E-state index is 0.0688. The number of benzene rings is 2. The van der Waals surface area contributed by atoms with Crippen molar-refractivity contribution in [3.8, 4) is 11.8 Å². The number of aromatic carboxylic acids is 1. The summed E-state index contributed by atoms with van der Waals surface area (Å²) in [6.07, 6.45) is 0. The molecule has 0 fully saturated rings. The van der Waals surface area contributed by atoms with Crippen LogP contribution in [0.15, 0.2) is 64.8 Å². The highest BCUT2D eigenvalue weighted by Gasteiger charge is 2.35. The molecule has 3 aromatic rings. The van der Waals surface area contributed by atoms with Crippen LogP contribution >= 0.6 is 0 Å². The van der Waals surface area contributed by atoms with Crippen LogP contribution in [0.2, 0.25) is 0 Å². The van der Waals surface area contributed by atoms with Crippen molar-refractivity contribution in [2.45, 2.75) is 5.92 Å². The zero-order valence-corrected chi connectivity index (χ0v) is 14.8. The second-order valence-corrected chi connectivity index (χ2v) is 6.48. The van der Waals surface area contributed by atoms with Crippen molar-refractivity contribution in [3.05, 3.63) is 87.0 Å². The standard InChI is InChI=1S/C21H15N3O4/c1-24-15-5-3-2-4-13(15)18-17(20(24)25)16(14(10-22)19(23)28-18)11-6-8-12(9-7-11)21(26)27/h2-9,16H,23H2,1H3,(H,26,27). The van der Waals surface area contributed by atoms with Gasteiger partial charge in [0.25, 0.3) is 5.56 Å². The summed E-state index contributed by atoms with van der Waals surface area (Å²) in [5, 5.41) is 19.5. The van der Waals surface area contributed by atoms with E-state index in [1.807, 2.05) is 24.3 Å². The minimum Gasteiger partial charge on any atom is -0.478 e. The molecule has 0 saturated carbocycles. The Morgan fingerprint density at radius 1 is 1.21 bits per heavy atom. The van der Waals surface area contributed by atoms with Gasteiger partial charge in [0, 0.05) is 12.4 Å². The number of aryl methyl sites for hydroxylation is 1. The van der Waals surface area contributed by atoms with Gasteiger partial charge in [0.2, 0.25) is 5.88 Å². The SMILES string of the molecule is Cn1c(=O)c2c(c3ccccc31)OC(N)=C(C#N)C2c1ccc(C(=O)O)cc1. The maximum atomic E-state index is 13.2. The molecule has 138 valence electrons. The molecule has 2 aromatic carbocycles. The Morgan fingerprint density at radius 2 is 1.89 bits per heavy atom. The second-order valence-electron chi connectivity index (χ2n) is 6.48. The number of aromatic nitrogens is 1. The number of carboxylic acid groups (broad SMARTS) is 1. The van der Waals surface area contributed by atoms with Gasteiger partial charge in [-0.25, -0.2) is 4.79 Å². The number of para-hydroxylation sites is 1. The average molecular weight is 373 g/mol. The van der Waals surface area contributed by atoms with Gasteiger partial charge in [-0.15, -0.1) is 0 Å². The van der Waals surface area contributed by atoms with Crippen LogP contribution in [-0.4, -0.2) is 15.6 Å². The number of allylic oxidation sites excluding steroid dienone is 1. The number of nitrogens with two attached hydrogens (primary N) is 1. The number of nitriles is 1. The van der Waals surface area contributed by atoms with E-state index < -0.39 is 11.9 Å². The van der Waals surface area contributed by atoms with Crippen LogP contribution in [0.25, 0.3) is 10.9 Å². The Hall–Kier alpha value is -4.05. The molecule has 1 aromatic heterocycles. The Kier molecular flexibility index (Phi) is 3.90. The number of fused-ring (bicyclic) bond motifs is 3. The van der Waals surface area contributed by atoms with Gasteiger partial charge >= 0.3 is 5.97 Å². The molecule has 7 nitrogen and oxygen atoms in total. The van der Waals surface area contributed by atoms with Gasteiger partial charge in [-0.1, -0.05) is 24.3 Å². The molecule has 1 atom stereocenters. The van der Waals surface area contributed by atoms with Crippen molar-refractivity contribution in [2.24, 2.45) is 12.8 Å². The molecule has 0 radical (unpaired) electrons. The minimum atomic E-state index is -1.06. The Balaban J connectivity index is 2.06. The van der Waals surface area contributed by atoms with Crippen LogP contribution in [0.5, 0.6) is 5.75 Å². The molecule has 0 saturated heterocycles. The number of hydrogen-bond donors (Lipinski definition) is 2. The van der Waals surface area contributed by atoms with Crippen LogP contribution < -0.4 is 16.0 Å². The highest BCUT2D eigenvalue weighted by molar-refractivity contribution is 5.89. The van der Waals surface area contributed by atoms with Crippen LogP contribution in [0.4, 0.5) is 0 Å². The topological polar surface area (TPSA) is 118 Å². The number of ether oxygens (including phenoxy) is 1. The Morgan fingerprint density at radius 3 is 2.54 bits per heavy atom. The maximum Gasteiger partial charge on any atom is 0.335 e. The van der Waals surface area contributed by atoms with E-state index in [1.165, 1.54) is 16.7 Å². The molecule has 28 heavy (non-hydrogen) atoms. The lowest BCUT2D eigenvalue weighted by molar-refractivity contribution is 0.0697. The summed E-state index contributed by atoms with van der Waals surface area (Å²) in [6.45, 7) is 0. The summed E-state index contributed by atoms with van der Waals surface area (Å²) in [6, 6.07) is 15.3. The zero-order chi connectivity index (χ0) is 20.0. The third-order valence-electron chi connectivity index (χ3n) is 4.96. The van der Waals surface area contributed by atoms with Crippen molar-refractivity contribution in [3.63, 3.8) is 0 Å². The van der Waals surface area contributed by atoms with Crippen molar-refractivity contribution in [1.82, 2.24) is 4.57 Å². The molecule has 1 aliphatic rings. The molecule has 0 amide bonds. The summed E-state index contributed by atoms with van der Waals surface area (Å²) < 4.78 is 7.23. The van der Waals surface area contributed by atoms with E-state index in [-0.39, 0.29) is 22.6 Å². The molecule has 4 rings (SSSR count). The number of hydrogen-bond acceptors (Lipinski definition) is 5. The second kappa shape index (κ2) is 6.28. The molecule has 1 unspecified atom stereocenters. The third kappa shape index (κ3) is 2.43. The Bertz CT molecular complexity index is 1260. The van der Waals surface area contributed by atoms with Gasteiger partial charge in [-0.2, -0.15) is 5.26 Å². The van der Waals surface area contributed by atoms with E-state index >= 15 is 0 Å². The smallest absolute Gasteiger partial charge is 0.335 e. The van der Waals surface area contributed by atoms with E-state index in [1.54, 1.807) is 25.2 Å². The summed E-state index contributed by atoms with van der Waals surface area (Å²) in [5.41, 5.74) is 7.51. The Labute approximate surface area is 159 Å². The van der Waals surface area contributed by atoms with Crippen LogP contribution in [0.1, 0.15) is 27.4 Å². The number of pyridine rings is 1. The first kappa shape index (κ1) is 17.4. The largest absolute Gasteiger partial charge is 0.478 e. The van der Waals surface area contributed by atoms with Crippen molar-refractivity contribution in [2.75, 3.05) is 0 Å². The van der Waals surface area contributed by atoms with Crippen LogP contribution in [0, 0.1) is 11.3 Å². The lowest BCUT2D eigenvalue weighted by Crippen LogP contribution is -2.31. The number of carboxylic acids is 1. The normalized spacial score (nSPS) is 15.6. The monoisotopic (exact) mass is 373 g/mol. The molecule has 0 spiro atoms. The van der Waals surface area contributed by atoms with Crippen LogP contribution in [0.3, 0.4) is 0 Å². The van der Waals surface area contributed by atoms with Crippen LogP contribution in [-0.2, 0) is 7.05 Å². The molecular formula is C21H15N3O4. The van der Waals surface area contributed by atoms with Crippen molar-refractivity contribution in [1.29, 1.82) is 5.26 Å². The van der Waals surface area contributed by atoms with E-state index in [4.69, 9.17) is 15.6 Å². The molecular weight excluding hydrogens is 358 g/mol. The fourth-order valence-electron chi connectivity index (χ4n) is 3.58. The molecule has 7 heteroatoms. The molecule has 0 aliphatic carbocycles. The lowest BCUT2D eigenvalue weighted by atomic mass is 9.83. The van der Waals surface area contributed by atoms with Gasteiger partial charge < -0.3 is 20.1 Å². The van der Waals surface area contributed by atoms with E-state index in [2.05, 4.69) is 0 Å². The predicted octanol–water partition coefficient (Wildman–Crippen LogP) is 2.45. The first-order valence-corrected chi connectivity index (χ1v) is 8.46. The lowest BCUT2D eigenvalue weighted by Gasteiger charge is -2.27. The first-order valence-electron chi connectivity index (χ1n) is 8.46. The van der Waals surface area contributed by atoms with E-state index in [0.717, 1.165) is 0 Å². The fraction of sp³-hybridized carbons (Fsp3) is 0.0952. The van der Waals surface area contributed by atoms with Crippen molar-refractivity contribution < 1.29 is 14.6 Å².